The van der Waals surface area contributed by atoms with Crippen molar-refractivity contribution in [2.24, 2.45) is 0 Å². The molecule has 0 aliphatic heterocycles. The molecule has 196 valence electrons. The summed E-state index contributed by atoms with van der Waals surface area (Å²) in [5.41, 5.74) is 4.80. The standard InChI is InChI=1S/C28H37NO7/c1-2-12-31-14-16-33-18-20-35-21-19-34-17-15-32-13-11-29-28(30)36-22-27-25-9-5-3-7-23(25)24-8-4-6-10-26(24)27/h2-10,27H,1,11-22H2,(H,29,30). The van der Waals surface area contributed by atoms with Gasteiger partial charge in [0.25, 0.3) is 0 Å². The third-order valence-electron chi connectivity index (χ3n) is 5.58. The minimum absolute atomic E-state index is 0.0510. The van der Waals surface area contributed by atoms with Crippen LogP contribution in [0.15, 0.2) is 61.2 Å². The highest BCUT2D eigenvalue weighted by molar-refractivity contribution is 5.79. The van der Waals surface area contributed by atoms with Crippen LogP contribution in [0.3, 0.4) is 0 Å². The van der Waals surface area contributed by atoms with E-state index < -0.39 is 6.09 Å². The first-order chi connectivity index (χ1) is 17.8. The second-order valence-corrected chi connectivity index (χ2v) is 8.07. The van der Waals surface area contributed by atoms with Crippen molar-refractivity contribution < 1.29 is 33.2 Å². The molecule has 0 atom stereocenters. The molecule has 1 N–H and O–H groups in total. The van der Waals surface area contributed by atoms with Gasteiger partial charge in [0.1, 0.15) is 6.61 Å². The topological polar surface area (TPSA) is 84.5 Å². The first-order valence-electron chi connectivity index (χ1n) is 12.4. The van der Waals surface area contributed by atoms with Gasteiger partial charge in [0, 0.05) is 12.5 Å². The van der Waals surface area contributed by atoms with Gasteiger partial charge < -0.3 is 33.7 Å². The first-order valence-corrected chi connectivity index (χ1v) is 12.4. The summed E-state index contributed by atoms with van der Waals surface area (Å²) in [4.78, 5) is 12.1. The lowest BCUT2D eigenvalue weighted by Gasteiger charge is -2.14. The van der Waals surface area contributed by atoms with Crippen molar-refractivity contribution in [1.29, 1.82) is 0 Å². The van der Waals surface area contributed by atoms with E-state index in [9.17, 15) is 4.79 Å². The molecule has 2 aromatic carbocycles. The molecule has 0 unspecified atom stereocenters. The van der Waals surface area contributed by atoms with E-state index in [4.69, 9.17) is 28.4 Å². The van der Waals surface area contributed by atoms with E-state index in [1.54, 1.807) is 6.08 Å². The zero-order chi connectivity index (χ0) is 25.3. The van der Waals surface area contributed by atoms with Crippen molar-refractivity contribution in [3.63, 3.8) is 0 Å². The Hall–Kier alpha value is -2.75. The number of fused-ring (bicyclic) bond motifs is 3. The van der Waals surface area contributed by atoms with Crippen molar-refractivity contribution >= 4 is 6.09 Å². The highest BCUT2D eigenvalue weighted by atomic mass is 16.6. The van der Waals surface area contributed by atoms with Gasteiger partial charge in [0.2, 0.25) is 0 Å². The van der Waals surface area contributed by atoms with Gasteiger partial charge >= 0.3 is 6.09 Å². The van der Waals surface area contributed by atoms with Crippen molar-refractivity contribution in [3.05, 3.63) is 72.3 Å². The molecule has 0 saturated carbocycles. The number of benzene rings is 2. The van der Waals surface area contributed by atoms with Crippen molar-refractivity contribution in [1.82, 2.24) is 5.32 Å². The van der Waals surface area contributed by atoms with Crippen LogP contribution in [0.25, 0.3) is 11.1 Å². The van der Waals surface area contributed by atoms with Crippen molar-refractivity contribution in [2.75, 3.05) is 79.2 Å². The zero-order valence-corrected chi connectivity index (χ0v) is 20.8. The Morgan fingerprint density at radius 1 is 0.722 bits per heavy atom. The van der Waals surface area contributed by atoms with Gasteiger partial charge in [-0.15, -0.1) is 6.58 Å². The molecule has 1 aliphatic rings. The fraction of sp³-hybridized carbons (Fsp3) is 0.464. The van der Waals surface area contributed by atoms with Crippen molar-refractivity contribution in [2.45, 2.75) is 5.92 Å². The van der Waals surface area contributed by atoms with E-state index in [0.717, 1.165) is 0 Å². The van der Waals surface area contributed by atoms with Crippen LogP contribution < -0.4 is 5.32 Å². The molecule has 8 heteroatoms. The lowest BCUT2D eigenvalue weighted by Crippen LogP contribution is -2.29. The number of amides is 1. The lowest BCUT2D eigenvalue weighted by atomic mass is 9.98. The number of hydrogen-bond acceptors (Lipinski definition) is 7. The Morgan fingerprint density at radius 2 is 1.19 bits per heavy atom. The Labute approximate surface area is 213 Å². The number of rotatable bonds is 19. The average molecular weight is 500 g/mol. The van der Waals surface area contributed by atoms with Crippen LogP contribution in [-0.4, -0.2) is 85.3 Å². The molecule has 0 bridgehead atoms. The van der Waals surface area contributed by atoms with E-state index in [2.05, 4.69) is 36.2 Å². The summed E-state index contributed by atoms with van der Waals surface area (Å²) in [7, 11) is 0. The van der Waals surface area contributed by atoms with Gasteiger partial charge in [-0.1, -0.05) is 54.6 Å². The largest absolute Gasteiger partial charge is 0.449 e. The summed E-state index contributed by atoms with van der Waals surface area (Å²) < 4.78 is 32.4. The highest BCUT2D eigenvalue weighted by Gasteiger charge is 2.28. The van der Waals surface area contributed by atoms with Crippen LogP contribution in [-0.2, 0) is 28.4 Å². The first kappa shape index (κ1) is 27.8. The van der Waals surface area contributed by atoms with Crippen LogP contribution >= 0.6 is 0 Å². The third kappa shape index (κ3) is 9.37. The van der Waals surface area contributed by atoms with Crippen molar-refractivity contribution in [3.8, 4) is 11.1 Å². The highest BCUT2D eigenvalue weighted by Crippen LogP contribution is 2.44. The molecule has 2 aromatic rings. The average Bonchev–Trinajstić information content (AvgIpc) is 3.23. The molecule has 0 fully saturated rings. The maximum Gasteiger partial charge on any atom is 0.407 e. The summed E-state index contributed by atoms with van der Waals surface area (Å²) in [6.07, 6.45) is 1.26. The molecule has 0 radical (unpaired) electrons. The molecule has 36 heavy (non-hydrogen) atoms. The molecular formula is C28H37NO7. The Balaban J connectivity index is 1.14. The number of nitrogens with one attached hydrogen (secondary N) is 1. The summed E-state index contributed by atoms with van der Waals surface area (Å²) in [6, 6.07) is 16.5. The minimum Gasteiger partial charge on any atom is -0.449 e. The molecular weight excluding hydrogens is 462 g/mol. The second kappa shape index (κ2) is 16.8. The smallest absolute Gasteiger partial charge is 0.407 e. The van der Waals surface area contributed by atoms with E-state index in [1.807, 2.05) is 24.3 Å². The van der Waals surface area contributed by atoms with Gasteiger partial charge in [0.05, 0.1) is 66.1 Å². The normalized spacial score (nSPS) is 12.2. The number of hydrogen-bond donors (Lipinski definition) is 1. The maximum atomic E-state index is 12.1. The molecule has 1 amide bonds. The van der Waals surface area contributed by atoms with Crippen LogP contribution in [0.2, 0.25) is 0 Å². The summed E-state index contributed by atoms with van der Waals surface area (Å²) in [5.74, 6) is 0.0510. The SMILES string of the molecule is C=CCOCCOCCOCCOCCOCCNC(=O)OCC1c2ccccc2-c2ccccc21. The quantitative estimate of drug-likeness (QED) is 0.233. The monoisotopic (exact) mass is 499 g/mol. The van der Waals surface area contributed by atoms with Crippen LogP contribution in [0.5, 0.6) is 0 Å². The van der Waals surface area contributed by atoms with Gasteiger partial charge in [-0.05, 0) is 22.3 Å². The van der Waals surface area contributed by atoms with Gasteiger partial charge in [-0.2, -0.15) is 0 Å². The number of alkyl carbamates (subject to hydrolysis) is 1. The molecule has 0 aromatic heterocycles. The van der Waals surface area contributed by atoms with Gasteiger partial charge in [-0.3, -0.25) is 0 Å². The van der Waals surface area contributed by atoms with Gasteiger partial charge in [-0.25, -0.2) is 4.79 Å². The number of ether oxygens (including phenoxy) is 6. The second-order valence-electron chi connectivity index (χ2n) is 8.07. The fourth-order valence-electron chi connectivity index (χ4n) is 3.92. The zero-order valence-electron chi connectivity index (χ0n) is 20.8. The van der Waals surface area contributed by atoms with E-state index in [1.165, 1.54) is 22.3 Å². The molecule has 0 saturated heterocycles. The number of carbonyl (C=O) groups is 1. The van der Waals surface area contributed by atoms with Crippen LogP contribution in [0.4, 0.5) is 4.79 Å². The molecule has 1 aliphatic carbocycles. The summed E-state index contributed by atoms with van der Waals surface area (Å²) >= 11 is 0. The van der Waals surface area contributed by atoms with Crippen LogP contribution in [0, 0.1) is 0 Å². The van der Waals surface area contributed by atoms with Crippen LogP contribution in [0.1, 0.15) is 17.0 Å². The lowest BCUT2D eigenvalue weighted by molar-refractivity contribution is -0.00912. The third-order valence-corrected chi connectivity index (χ3v) is 5.58. The molecule has 3 rings (SSSR count). The summed E-state index contributed by atoms with van der Waals surface area (Å²) in [5, 5.41) is 2.73. The number of carbonyl (C=O) groups excluding carboxylic acids is 1. The predicted octanol–water partition coefficient (Wildman–Crippen LogP) is 3.79. The predicted molar refractivity (Wildman–Crippen MR) is 137 cm³/mol. The maximum absolute atomic E-state index is 12.1. The van der Waals surface area contributed by atoms with Gasteiger partial charge in [0.15, 0.2) is 0 Å². The van der Waals surface area contributed by atoms with E-state index in [0.29, 0.717) is 79.2 Å². The Morgan fingerprint density at radius 3 is 1.72 bits per heavy atom. The molecule has 0 spiro atoms. The Kier molecular flexibility index (Phi) is 13.0. The van der Waals surface area contributed by atoms with E-state index in [-0.39, 0.29) is 5.92 Å². The van der Waals surface area contributed by atoms with E-state index >= 15 is 0 Å². The Bertz CT molecular complexity index is 875. The minimum atomic E-state index is -0.442. The molecule has 0 heterocycles. The summed E-state index contributed by atoms with van der Waals surface area (Å²) in [6.45, 7) is 9.21. The fourth-order valence-corrected chi connectivity index (χ4v) is 3.92. The molecule has 8 nitrogen and oxygen atoms in total.